The second-order valence-corrected chi connectivity index (χ2v) is 3.99. The Hall–Kier alpha value is -0.610. The Kier molecular flexibility index (Phi) is 4.35. The normalized spacial score (nSPS) is 21.9. The number of rotatable bonds is 3. The number of ether oxygens (including phenoxy) is 1. The number of nitrogens with zero attached hydrogens (tertiary/aromatic N) is 1. The highest BCUT2D eigenvalue weighted by Gasteiger charge is 2.27. The summed E-state index contributed by atoms with van der Waals surface area (Å²) in [5.74, 6) is 0.560. The van der Waals surface area contributed by atoms with Crippen LogP contribution in [0.15, 0.2) is 0 Å². The number of piperidine rings is 1. The van der Waals surface area contributed by atoms with E-state index in [4.69, 9.17) is 10.5 Å². The van der Waals surface area contributed by atoms with Gasteiger partial charge in [-0.25, -0.2) is 0 Å². The van der Waals surface area contributed by atoms with Crippen molar-refractivity contribution in [2.75, 3.05) is 26.7 Å². The predicted octanol–water partition coefficient (Wildman–Crippen LogP) is 0.219. The van der Waals surface area contributed by atoms with Gasteiger partial charge in [-0.2, -0.15) is 0 Å². The fourth-order valence-corrected chi connectivity index (χ4v) is 1.87. The van der Waals surface area contributed by atoms with Crippen molar-refractivity contribution >= 4 is 5.97 Å². The summed E-state index contributed by atoms with van der Waals surface area (Å²) in [6.45, 7) is 4.50. The monoisotopic (exact) mass is 200 g/mol. The highest BCUT2D eigenvalue weighted by molar-refractivity contribution is 5.75. The van der Waals surface area contributed by atoms with E-state index in [9.17, 15) is 4.79 Å². The maximum atomic E-state index is 11.4. The lowest BCUT2D eigenvalue weighted by molar-refractivity contribution is -0.147. The molecule has 0 amide bonds. The van der Waals surface area contributed by atoms with Gasteiger partial charge in [0.1, 0.15) is 6.04 Å². The lowest BCUT2D eigenvalue weighted by atomic mass is 9.98. The van der Waals surface area contributed by atoms with Gasteiger partial charge >= 0.3 is 5.97 Å². The van der Waals surface area contributed by atoms with Crippen LogP contribution in [0.3, 0.4) is 0 Å². The first-order valence-corrected chi connectivity index (χ1v) is 5.21. The Balaban J connectivity index is 2.48. The molecule has 0 spiro atoms. The van der Waals surface area contributed by atoms with Crippen LogP contribution in [0.25, 0.3) is 0 Å². The molecule has 4 nitrogen and oxygen atoms in total. The van der Waals surface area contributed by atoms with E-state index in [1.807, 2.05) is 0 Å². The number of methoxy groups -OCH3 is 1. The number of carbonyl (C=O) groups excluding carboxylic acids is 1. The molecule has 1 heterocycles. The van der Waals surface area contributed by atoms with E-state index in [1.54, 1.807) is 0 Å². The van der Waals surface area contributed by atoms with E-state index in [1.165, 1.54) is 7.11 Å². The van der Waals surface area contributed by atoms with Crippen molar-refractivity contribution in [1.29, 1.82) is 0 Å². The zero-order chi connectivity index (χ0) is 10.6. The summed E-state index contributed by atoms with van der Waals surface area (Å²) in [5, 5.41) is 0. The maximum Gasteiger partial charge on any atom is 0.324 e. The minimum Gasteiger partial charge on any atom is -0.468 e. The minimum atomic E-state index is -0.243. The second kappa shape index (κ2) is 5.32. The molecule has 2 N–H and O–H groups in total. The number of hydrogen-bond acceptors (Lipinski definition) is 4. The molecule has 0 aromatic heterocycles. The van der Waals surface area contributed by atoms with Crippen LogP contribution in [0, 0.1) is 5.92 Å². The van der Waals surface area contributed by atoms with Crippen molar-refractivity contribution in [3.05, 3.63) is 0 Å². The largest absolute Gasteiger partial charge is 0.468 e. The molecule has 0 saturated carbocycles. The minimum absolute atomic E-state index is 0.206. The van der Waals surface area contributed by atoms with Crippen molar-refractivity contribution in [3.8, 4) is 0 Å². The van der Waals surface area contributed by atoms with Crippen molar-refractivity contribution < 1.29 is 9.53 Å². The Labute approximate surface area is 85.4 Å². The van der Waals surface area contributed by atoms with Gasteiger partial charge in [-0.05, 0) is 31.8 Å². The molecule has 0 aliphatic carbocycles. The first kappa shape index (κ1) is 11.5. The first-order chi connectivity index (χ1) is 6.69. The number of esters is 1. The van der Waals surface area contributed by atoms with E-state index < -0.39 is 0 Å². The molecule has 1 aliphatic rings. The Morgan fingerprint density at radius 2 is 2.14 bits per heavy atom. The van der Waals surface area contributed by atoms with Crippen molar-refractivity contribution in [1.82, 2.24) is 4.90 Å². The van der Waals surface area contributed by atoms with Crippen molar-refractivity contribution in [3.63, 3.8) is 0 Å². The summed E-state index contributed by atoms with van der Waals surface area (Å²) in [4.78, 5) is 13.5. The highest BCUT2D eigenvalue weighted by atomic mass is 16.5. The number of nitrogens with two attached hydrogens (primary N) is 1. The van der Waals surface area contributed by atoms with Gasteiger partial charge in [-0.3, -0.25) is 9.69 Å². The maximum absolute atomic E-state index is 11.4. The molecule has 1 fully saturated rings. The Morgan fingerprint density at radius 1 is 1.57 bits per heavy atom. The molecule has 0 radical (unpaired) electrons. The molecular weight excluding hydrogens is 180 g/mol. The van der Waals surface area contributed by atoms with Gasteiger partial charge in [0.25, 0.3) is 0 Å². The van der Waals surface area contributed by atoms with Crippen LogP contribution in [-0.2, 0) is 9.53 Å². The van der Waals surface area contributed by atoms with Gasteiger partial charge < -0.3 is 10.5 Å². The molecule has 1 saturated heterocycles. The third kappa shape index (κ3) is 2.69. The van der Waals surface area contributed by atoms with Gasteiger partial charge in [0.2, 0.25) is 0 Å². The quantitative estimate of drug-likeness (QED) is 0.662. The van der Waals surface area contributed by atoms with Gasteiger partial charge in [0, 0.05) is 6.54 Å². The van der Waals surface area contributed by atoms with Crippen LogP contribution in [-0.4, -0.2) is 43.7 Å². The topological polar surface area (TPSA) is 55.6 Å². The van der Waals surface area contributed by atoms with Crippen LogP contribution in [0.2, 0.25) is 0 Å². The molecule has 0 aromatic carbocycles. The van der Waals surface area contributed by atoms with Crippen LogP contribution < -0.4 is 5.73 Å². The third-order valence-electron chi connectivity index (χ3n) is 2.96. The van der Waals surface area contributed by atoms with Gasteiger partial charge in [-0.1, -0.05) is 6.92 Å². The summed E-state index contributed by atoms with van der Waals surface area (Å²) in [5.41, 5.74) is 5.57. The lowest BCUT2D eigenvalue weighted by Crippen LogP contribution is -2.49. The van der Waals surface area contributed by atoms with E-state index in [0.717, 1.165) is 31.8 Å². The van der Waals surface area contributed by atoms with Crippen molar-refractivity contribution in [2.24, 2.45) is 11.7 Å². The van der Waals surface area contributed by atoms with Crippen LogP contribution in [0.1, 0.15) is 19.8 Å². The second-order valence-electron chi connectivity index (χ2n) is 3.99. The molecule has 1 aliphatic heterocycles. The first-order valence-electron chi connectivity index (χ1n) is 5.21. The summed E-state index contributed by atoms with van der Waals surface area (Å²) >= 11 is 0. The molecule has 0 bridgehead atoms. The smallest absolute Gasteiger partial charge is 0.324 e. The van der Waals surface area contributed by atoms with Crippen molar-refractivity contribution in [2.45, 2.75) is 25.8 Å². The van der Waals surface area contributed by atoms with Crippen LogP contribution in [0.4, 0.5) is 0 Å². The van der Waals surface area contributed by atoms with E-state index in [-0.39, 0.29) is 12.0 Å². The summed E-state index contributed by atoms with van der Waals surface area (Å²) in [6.07, 6.45) is 2.29. The average Bonchev–Trinajstić information content (AvgIpc) is 2.21. The van der Waals surface area contributed by atoms with E-state index in [2.05, 4.69) is 11.8 Å². The molecule has 82 valence electrons. The fourth-order valence-electron chi connectivity index (χ4n) is 1.87. The number of carbonyl (C=O) groups is 1. The molecule has 4 heteroatoms. The average molecular weight is 200 g/mol. The zero-order valence-electron chi connectivity index (χ0n) is 9.03. The summed E-state index contributed by atoms with van der Waals surface area (Å²) < 4.78 is 4.72. The summed E-state index contributed by atoms with van der Waals surface area (Å²) in [7, 11) is 1.41. The van der Waals surface area contributed by atoms with Gasteiger partial charge in [0.05, 0.1) is 7.11 Å². The molecule has 1 rings (SSSR count). The Morgan fingerprint density at radius 3 is 2.57 bits per heavy atom. The van der Waals surface area contributed by atoms with Crippen LogP contribution >= 0.6 is 0 Å². The van der Waals surface area contributed by atoms with Crippen LogP contribution in [0.5, 0.6) is 0 Å². The number of likely N-dealkylation sites (tertiary alicyclic amines) is 1. The molecule has 14 heavy (non-hydrogen) atoms. The highest BCUT2D eigenvalue weighted by Crippen LogP contribution is 2.18. The zero-order valence-corrected chi connectivity index (χ0v) is 9.03. The SMILES string of the molecule is COC(=O)C(CN)N1CCC(C)CC1. The van der Waals surface area contributed by atoms with E-state index in [0.29, 0.717) is 6.54 Å². The third-order valence-corrected chi connectivity index (χ3v) is 2.96. The predicted molar refractivity (Wildman–Crippen MR) is 54.8 cm³/mol. The molecule has 1 unspecified atom stereocenters. The Bertz CT molecular complexity index is 189. The standard InChI is InChI=1S/C10H20N2O2/c1-8-3-5-12(6-4-8)9(7-11)10(13)14-2/h8-9H,3-7,11H2,1-2H3. The van der Waals surface area contributed by atoms with Gasteiger partial charge in [0.15, 0.2) is 0 Å². The fraction of sp³-hybridized carbons (Fsp3) is 0.900. The summed E-state index contributed by atoms with van der Waals surface area (Å²) in [6, 6.07) is -0.243. The van der Waals surface area contributed by atoms with E-state index >= 15 is 0 Å². The molecule has 0 aromatic rings. The number of hydrogen-bond donors (Lipinski definition) is 1. The molecule has 1 atom stereocenters. The molecular formula is C10H20N2O2. The van der Waals surface area contributed by atoms with Gasteiger partial charge in [-0.15, -0.1) is 0 Å². The lowest BCUT2D eigenvalue weighted by Gasteiger charge is -2.34.